The fourth-order valence-corrected chi connectivity index (χ4v) is 4.95. The minimum Gasteiger partial charge on any atom is -0.508 e. The molecule has 0 spiro atoms. The Bertz CT molecular complexity index is 956. The van der Waals surface area contributed by atoms with Crippen LogP contribution >= 0.6 is 11.3 Å². The van der Waals surface area contributed by atoms with Crippen LogP contribution in [0, 0.1) is 12.7 Å². The van der Waals surface area contributed by atoms with Gasteiger partial charge in [0.1, 0.15) is 11.6 Å². The van der Waals surface area contributed by atoms with E-state index < -0.39 is 0 Å². The highest BCUT2D eigenvalue weighted by molar-refractivity contribution is 7.21. The lowest BCUT2D eigenvalue weighted by atomic mass is 9.89. The maximum atomic E-state index is 14.1. The van der Waals surface area contributed by atoms with Gasteiger partial charge in [0.2, 0.25) is 0 Å². The van der Waals surface area contributed by atoms with Crippen LogP contribution in [0.2, 0.25) is 0 Å². The minimum absolute atomic E-state index is 0.00672. The Morgan fingerprint density at radius 3 is 2.50 bits per heavy atom. The lowest BCUT2D eigenvalue weighted by molar-refractivity contribution is 0.0717. The number of carbonyl (C=O) groups excluding carboxylic acids is 1. The quantitative estimate of drug-likeness (QED) is 0.685. The van der Waals surface area contributed by atoms with E-state index in [1.165, 1.54) is 23.0 Å². The van der Waals surface area contributed by atoms with Crippen molar-refractivity contribution in [3.63, 3.8) is 0 Å². The number of phenols is 1. The highest BCUT2D eigenvalue weighted by Crippen LogP contribution is 2.35. The van der Waals surface area contributed by atoms with E-state index >= 15 is 0 Å². The zero-order valence-electron chi connectivity index (χ0n) is 14.5. The van der Waals surface area contributed by atoms with Gasteiger partial charge in [0.15, 0.2) is 0 Å². The summed E-state index contributed by atoms with van der Waals surface area (Å²) in [5.74, 6) is 0.419. The van der Waals surface area contributed by atoms with Gasteiger partial charge in [-0.25, -0.2) is 4.39 Å². The monoisotopic (exact) mass is 369 g/mol. The van der Waals surface area contributed by atoms with Gasteiger partial charge in [-0.1, -0.05) is 18.2 Å². The van der Waals surface area contributed by atoms with E-state index in [4.69, 9.17) is 0 Å². The lowest BCUT2D eigenvalue weighted by Gasteiger charge is -2.32. The van der Waals surface area contributed by atoms with Crippen molar-refractivity contribution in [2.45, 2.75) is 25.7 Å². The number of likely N-dealkylation sites (tertiary alicyclic amines) is 1. The molecule has 0 aliphatic carbocycles. The Balaban J connectivity index is 1.51. The van der Waals surface area contributed by atoms with Gasteiger partial charge in [0.05, 0.1) is 4.88 Å². The molecule has 5 heteroatoms. The molecule has 0 radical (unpaired) electrons. The molecule has 1 aliphatic heterocycles. The van der Waals surface area contributed by atoms with Crippen molar-refractivity contribution < 1.29 is 14.3 Å². The number of aromatic hydroxyl groups is 1. The molecule has 1 N–H and O–H groups in total. The number of halogens is 1. The maximum absolute atomic E-state index is 14.1. The molecule has 0 bridgehead atoms. The third-order valence-corrected chi connectivity index (χ3v) is 6.49. The van der Waals surface area contributed by atoms with Crippen molar-refractivity contribution in [2.24, 2.45) is 0 Å². The van der Waals surface area contributed by atoms with Crippen molar-refractivity contribution >= 4 is 27.3 Å². The average molecular weight is 369 g/mol. The SMILES string of the molecule is Cc1c(C(=O)N2CCC(c3ccc(O)cc3)CC2)sc2cccc(F)c12. The Morgan fingerprint density at radius 1 is 1.15 bits per heavy atom. The first kappa shape index (κ1) is 17.0. The van der Waals surface area contributed by atoms with Gasteiger partial charge in [-0.3, -0.25) is 4.79 Å². The molecule has 1 amide bonds. The van der Waals surface area contributed by atoms with Crippen LogP contribution in [-0.4, -0.2) is 29.0 Å². The smallest absolute Gasteiger partial charge is 0.264 e. The number of carbonyl (C=O) groups is 1. The number of rotatable bonds is 2. The lowest BCUT2D eigenvalue weighted by Crippen LogP contribution is -2.37. The Labute approximate surface area is 155 Å². The molecule has 1 aliphatic rings. The molecular formula is C21H20FNO2S. The van der Waals surface area contributed by atoms with Crippen molar-refractivity contribution in [2.75, 3.05) is 13.1 Å². The number of hydrogen-bond acceptors (Lipinski definition) is 3. The van der Waals surface area contributed by atoms with Crippen molar-refractivity contribution in [1.82, 2.24) is 4.90 Å². The third-order valence-electron chi connectivity index (χ3n) is 5.24. The zero-order chi connectivity index (χ0) is 18.3. The fraction of sp³-hybridized carbons (Fsp3) is 0.286. The van der Waals surface area contributed by atoms with Crippen LogP contribution in [0.5, 0.6) is 5.75 Å². The topological polar surface area (TPSA) is 40.5 Å². The summed E-state index contributed by atoms with van der Waals surface area (Å²) < 4.78 is 14.9. The van der Waals surface area contributed by atoms with Crippen molar-refractivity contribution in [1.29, 1.82) is 0 Å². The fourth-order valence-electron chi connectivity index (χ4n) is 3.76. The first-order valence-corrected chi connectivity index (χ1v) is 9.62. The van der Waals surface area contributed by atoms with Crippen LogP contribution in [0.15, 0.2) is 42.5 Å². The summed E-state index contributed by atoms with van der Waals surface area (Å²) in [4.78, 5) is 15.5. The number of hydrogen-bond donors (Lipinski definition) is 1. The summed E-state index contributed by atoms with van der Waals surface area (Å²) in [5.41, 5.74) is 1.95. The molecular weight excluding hydrogens is 349 g/mol. The molecule has 134 valence electrons. The predicted molar refractivity (Wildman–Crippen MR) is 103 cm³/mol. The summed E-state index contributed by atoms with van der Waals surface area (Å²) >= 11 is 1.38. The van der Waals surface area contributed by atoms with Gasteiger partial charge in [0.25, 0.3) is 5.91 Å². The molecule has 0 saturated carbocycles. The van der Waals surface area contributed by atoms with E-state index in [1.807, 2.05) is 30.0 Å². The molecule has 3 nitrogen and oxygen atoms in total. The number of amides is 1. The van der Waals surface area contributed by atoms with E-state index in [-0.39, 0.29) is 17.5 Å². The second-order valence-electron chi connectivity index (χ2n) is 6.83. The molecule has 26 heavy (non-hydrogen) atoms. The highest BCUT2D eigenvalue weighted by atomic mass is 32.1. The Hall–Kier alpha value is -2.40. The normalized spacial score (nSPS) is 15.5. The Morgan fingerprint density at radius 2 is 1.85 bits per heavy atom. The number of phenolic OH excluding ortho intramolecular Hbond substituents is 1. The van der Waals surface area contributed by atoms with Gasteiger partial charge < -0.3 is 10.0 Å². The van der Waals surface area contributed by atoms with Gasteiger partial charge in [-0.15, -0.1) is 11.3 Å². The van der Waals surface area contributed by atoms with Gasteiger partial charge in [-0.2, -0.15) is 0 Å². The van der Waals surface area contributed by atoms with Crippen LogP contribution in [0.4, 0.5) is 4.39 Å². The molecule has 2 aromatic carbocycles. The van der Waals surface area contributed by atoms with Crippen LogP contribution in [-0.2, 0) is 0 Å². The summed E-state index contributed by atoms with van der Waals surface area (Å²) in [5, 5.41) is 9.99. The molecule has 1 fully saturated rings. The van der Waals surface area contributed by atoms with Crippen molar-refractivity contribution in [3.05, 3.63) is 64.3 Å². The predicted octanol–water partition coefficient (Wildman–Crippen LogP) is 5.07. The Kier molecular flexibility index (Phi) is 4.41. The largest absolute Gasteiger partial charge is 0.508 e. The van der Waals surface area contributed by atoms with Gasteiger partial charge >= 0.3 is 0 Å². The second kappa shape index (κ2) is 6.72. The number of thiophene rings is 1. The summed E-state index contributed by atoms with van der Waals surface area (Å²) in [6.07, 6.45) is 1.80. The molecule has 2 heterocycles. The molecule has 0 unspecified atom stereocenters. The zero-order valence-corrected chi connectivity index (χ0v) is 15.4. The van der Waals surface area contributed by atoms with E-state index in [2.05, 4.69) is 0 Å². The molecule has 1 aromatic heterocycles. The number of nitrogens with zero attached hydrogens (tertiary/aromatic N) is 1. The molecule has 3 aromatic rings. The maximum Gasteiger partial charge on any atom is 0.264 e. The number of aryl methyl sites for hydroxylation is 1. The highest BCUT2D eigenvalue weighted by Gasteiger charge is 2.27. The summed E-state index contributed by atoms with van der Waals surface area (Å²) in [6.45, 7) is 3.22. The van der Waals surface area contributed by atoms with E-state index in [1.54, 1.807) is 18.2 Å². The second-order valence-corrected chi connectivity index (χ2v) is 7.88. The number of piperidine rings is 1. The van der Waals surface area contributed by atoms with E-state index in [9.17, 15) is 14.3 Å². The first-order chi connectivity index (χ1) is 12.5. The molecule has 4 rings (SSSR count). The minimum atomic E-state index is -0.263. The average Bonchev–Trinajstić information content (AvgIpc) is 3.00. The third kappa shape index (κ3) is 2.97. The first-order valence-electron chi connectivity index (χ1n) is 8.80. The number of fused-ring (bicyclic) bond motifs is 1. The van der Waals surface area contributed by atoms with E-state index in [0.29, 0.717) is 29.3 Å². The standard InChI is InChI=1S/C21H20FNO2S/c1-13-19-17(22)3-2-4-18(19)26-20(13)21(25)23-11-9-15(10-12-23)14-5-7-16(24)8-6-14/h2-8,15,24H,9-12H2,1H3. The number of benzene rings is 2. The van der Waals surface area contributed by atoms with Crippen molar-refractivity contribution in [3.8, 4) is 5.75 Å². The molecule has 0 atom stereocenters. The van der Waals surface area contributed by atoms with E-state index in [0.717, 1.165) is 23.1 Å². The molecule has 1 saturated heterocycles. The van der Waals surface area contributed by atoms with Gasteiger partial charge in [-0.05, 0) is 61.1 Å². The van der Waals surface area contributed by atoms with Gasteiger partial charge in [0, 0.05) is 23.2 Å². The van der Waals surface area contributed by atoms with Crippen LogP contribution in [0.25, 0.3) is 10.1 Å². The summed E-state index contributed by atoms with van der Waals surface area (Å²) in [7, 11) is 0. The van der Waals surface area contributed by atoms with Crippen LogP contribution in [0.3, 0.4) is 0 Å². The summed E-state index contributed by atoms with van der Waals surface area (Å²) in [6, 6.07) is 12.3. The van der Waals surface area contributed by atoms with Crippen LogP contribution < -0.4 is 0 Å². The van der Waals surface area contributed by atoms with Crippen LogP contribution in [0.1, 0.15) is 39.6 Å².